The van der Waals surface area contributed by atoms with Gasteiger partial charge in [-0.15, -0.1) is 0 Å². The van der Waals surface area contributed by atoms with Crippen LogP contribution < -0.4 is 5.73 Å². The van der Waals surface area contributed by atoms with Gasteiger partial charge in [0.05, 0.1) is 31.4 Å². The number of aryl methyl sites for hydroxylation is 1. The van der Waals surface area contributed by atoms with E-state index in [-0.39, 0.29) is 5.54 Å². The van der Waals surface area contributed by atoms with Crippen molar-refractivity contribution in [1.29, 1.82) is 0 Å². The minimum atomic E-state index is -0.267. The summed E-state index contributed by atoms with van der Waals surface area (Å²) in [5, 5.41) is 0. The van der Waals surface area contributed by atoms with E-state index in [1.54, 1.807) is 0 Å². The predicted molar refractivity (Wildman–Crippen MR) is 55.8 cm³/mol. The van der Waals surface area contributed by atoms with Gasteiger partial charge in [0.25, 0.3) is 0 Å². The Bertz CT molecular complexity index is 275. The van der Waals surface area contributed by atoms with Crippen LogP contribution in [0, 0.1) is 0 Å². The van der Waals surface area contributed by atoms with Crippen LogP contribution in [0.3, 0.4) is 0 Å². The molecule has 0 aliphatic rings. The van der Waals surface area contributed by atoms with Gasteiger partial charge in [-0.1, -0.05) is 0 Å². The molecule has 1 aromatic rings. The smallest absolute Gasteiger partial charge is 0.0948 e. The second-order valence-corrected chi connectivity index (χ2v) is 4.15. The molecule has 0 radical (unpaired) electrons. The Kier molecular flexibility index (Phi) is 3.66. The Morgan fingerprint density at radius 3 is 2.86 bits per heavy atom. The van der Waals surface area contributed by atoms with Gasteiger partial charge in [0.2, 0.25) is 0 Å². The van der Waals surface area contributed by atoms with Crippen LogP contribution in [-0.4, -0.2) is 21.7 Å². The summed E-state index contributed by atoms with van der Waals surface area (Å²) in [7, 11) is 0. The molecule has 0 spiro atoms. The molecule has 80 valence electrons. The first-order valence-corrected chi connectivity index (χ1v) is 4.88. The van der Waals surface area contributed by atoms with Crippen LogP contribution in [0.15, 0.2) is 12.5 Å². The lowest BCUT2D eigenvalue weighted by Gasteiger charge is -2.18. The van der Waals surface area contributed by atoms with Crippen molar-refractivity contribution < 1.29 is 4.74 Å². The van der Waals surface area contributed by atoms with Crippen LogP contribution >= 0.6 is 0 Å². The quantitative estimate of drug-likeness (QED) is 0.770. The van der Waals surface area contributed by atoms with E-state index in [0.29, 0.717) is 13.2 Å². The summed E-state index contributed by atoms with van der Waals surface area (Å²) in [6.45, 7) is 8.04. The second kappa shape index (κ2) is 4.57. The summed E-state index contributed by atoms with van der Waals surface area (Å²) in [5.74, 6) is 0. The van der Waals surface area contributed by atoms with Gasteiger partial charge in [-0.25, -0.2) is 4.98 Å². The Hall–Kier alpha value is -0.870. The van der Waals surface area contributed by atoms with Gasteiger partial charge in [-0.05, 0) is 20.8 Å². The summed E-state index contributed by atoms with van der Waals surface area (Å²) < 4.78 is 7.56. The lowest BCUT2D eigenvalue weighted by molar-refractivity contribution is 0.0812. The van der Waals surface area contributed by atoms with Gasteiger partial charge in [0.15, 0.2) is 0 Å². The second-order valence-electron chi connectivity index (χ2n) is 4.15. The summed E-state index contributed by atoms with van der Waals surface area (Å²) >= 11 is 0. The third kappa shape index (κ3) is 3.47. The first kappa shape index (κ1) is 11.2. The monoisotopic (exact) mass is 197 g/mol. The van der Waals surface area contributed by atoms with E-state index in [0.717, 1.165) is 12.2 Å². The van der Waals surface area contributed by atoms with Gasteiger partial charge < -0.3 is 15.0 Å². The fourth-order valence-electron chi connectivity index (χ4n) is 1.17. The molecule has 0 unspecified atom stereocenters. The molecule has 4 nitrogen and oxygen atoms in total. The van der Waals surface area contributed by atoms with E-state index in [4.69, 9.17) is 10.5 Å². The van der Waals surface area contributed by atoms with Crippen molar-refractivity contribution in [1.82, 2.24) is 9.55 Å². The topological polar surface area (TPSA) is 53.1 Å². The van der Waals surface area contributed by atoms with E-state index in [1.165, 1.54) is 0 Å². The summed E-state index contributed by atoms with van der Waals surface area (Å²) in [4.78, 5) is 4.06. The molecule has 2 N–H and O–H groups in total. The van der Waals surface area contributed by atoms with Crippen molar-refractivity contribution in [3.8, 4) is 0 Å². The zero-order chi connectivity index (χ0) is 10.6. The molecule has 1 rings (SSSR count). The average Bonchev–Trinajstić information content (AvgIpc) is 2.49. The molecule has 0 bridgehead atoms. The van der Waals surface area contributed by atoms with Gasteiger partial charge >= 0.3 is 0 Å². The molecule has 1 heterocycles. The van der Waals surface area contributed by atoms with Crippen LogP contribution in [0.5, 0.6) is 0 Å². The van der Waals surface area contributed by atoms with Crippen LogP contribution in [-0.2, 0) is 17.9 Å². The van der Waals surface area contributed by atoms with Crippen molar-refractivity contribution in [2.75, 3.05) is 6.61 Å². The van der Waals surface area contributed by atoms with Crippen LogP contribution in [0.2, 0.25) is 0 Å². The van der Waals surface area contributed by atoms with E-state index in [1.807, 2.05) is 26.4 Å². The highest BCUT2D eigenvalue weighted by Crippen LogP contribution is 2.04. The normalized spacial score (nSPS) is 12.0. The summed E-state index contributed by atoms with van der Waals surface area (Å²) in [5.41, 5.74) is 6.63. The standard InChI is InChI=1S/C10H19N3O/c1-4-13-8-12-5-9(13)6-14-7-10(2,3)11/h5,8H,4,6-7,11H2,1-3H3. The van der Waals surface area contributed by atoms with Gasteiger partial charge in [-0.2, -0.15) is 0 Å². The fraction of sp³-hybridized carbons (Fsp3) is 0.700. The minimum Gasteiger partial charge on any atom is -0.373 e. The van der Waals surface area contributed by atoms with E-state index in [2.05, 4.69) is 16.5 Å². The number of hydrogen-bond donors (Lipinski definition) is 1. The number of imidazole rings is 1. The van der Waals surface area contributed by atoms with E-state index < -0.39 is 0 Å². The first-order chi connectivity index (χ1) is 6.53. The lowest BCUT2D eigenvalue weighted by Crippen LogP contribution is -2.37. The third-order valence-electron chi connectivity index (χ3n) is 1.86. The van der Waals surface area contributed by atoms with Crippen LogP contribution in [0.1, 0.15) is 26.5 Å². The number of nitrogens with zero attached hydrogens (tertiary/aromatic N) is 2. The molecule has 0 aliphatic carbocycles. The third-order valence-corrected chi connectivity index (χ3v) is 1.86. The number of rotatable bonds is 5. The Morgan fingerprint density at radius 1 is 1.57 bits per heavy atom. The van der Waals surface area contributed by atoms with Crippen LogP contribution in [0.25, 0.3) is 0 Å². The number of hydrogen-bond acceptors (Lipinski definition) is 3. The first-order valence-electron chi connectivity index (χ1n) is 4.88. The molecular formula is C10H19N3O. The summed E-state index contributed by atoms with van der Waals surface area (Å²) in [6.07, 6.45) is 3.64. The van der Waals surface area contributed by atoms with Crippen LogP contribution in [0.4, 0.5) is 0 Å². The Balaban J connectivity index is 2.38. The maximum Gasteiger partial charge on any atom is 0.0948 e. The highest BCUT2D eigenvalue weighted by Gasteiger charge is 2.10. The predicted octanol–water partition coefficient (Wildman–Crippen LogP) is 1.16. The van der Waals surface area contributed by atoms with Gasteiger partial charge in [0, 0.05) is 12.1 Å². The van der Waals surface area contributed by atoms with Crippen molar-refractivity contribution in [3.63, 3.8) is 0 Å². The minimum absolute atomic E-state index is 0.267. The molecule has 0 atom stereocenters. The fourth-order valence-corrected chi connectivity index (χ4v) is 1.17. The highest BCUT2D eigenvalue weighted by atomic mass is 16.5. The molecule has 0 fully saturated rings. The molecule has 14 heavy (non-hydrogen) atoms. The summed E-state index contributed by atoms with van der Waals surface area (Å²) in [6, 6.07) is 0. The van der Waals surface area contributed by atoms with E-state index in [9.17, 15) is 0 Å². The van der Waals surface area contributed by atoms with Crippen molar-refractivity contribution in [2.24, 2.45) is 5.73 Å². The maximum absolute atomic E-state index is 5.80. The zero-order valence-electron chi connectivity index (χ0n) is 9.16. The van der Waals surface area contributed by atoms with Gasteiger partial charge in [0.1, 0.15) is 0 Å². The van der Waals surface area contributed by atoms with Crippen molar-refractivity contribution >= 4 is 0 Å². The SMILES string of the molecule is CCn1cncc1COCC(C)(C)N. The average molecular weight is 197 g/mol. The number of ether oxygens (including phenoxy) is 1. The Labute approximate surface area is 85.1 Å². The lowest BCUT2D eigenvalue weighted by atomic mass is 10.1. The Morgan fingerprint density at radius 2 is 2.29 bits per heavy atom. The molecular weight excluding hydrogens is 178 g/mol. The van der Waals surface area contributed by atoms with Gasteiger partial charge in [-0.3, -0.25) is 0 Å². The van der Waals surface area contributed by atoms with Crippen molar-refractivity contribution in [2.45, 2.75) is 39.5 Å². The largest absolute Gasteiger partial charge is 0.373 e. The molecule has 0 saturated heterocycles. The van der Waals surface area contributed by atoms with Crippen molar-refractivity contribution in [3.05, 3.63) is 18.2 Å². The molecule has 0 aromatic carbocycles. The molecule has 1 aromatic heterocycles. The zero-order valence-corrected chi connectivity index (χ0v) is 9.16. The molecule has 0 amide bonds. The number of nitrogens with two attached hydrogens (primary N) is 1. The molecule has 0 saturated carbocycles. The molecule has 4 heteroatoms. The number of aromatic nitrogens is 2. The van der Waals surface area contributed by atoms with E-state index >= 15 is 0 Å². The highest BCUT2D eigenvalue weighted by molar-refractivity contribution is 4.96. The molecule has 0 aliphatic heterocycles. The maximum atomic E-state index is 5.80.